The molecule has 0 aliphatic heterocycles. The fraction of sp³-hybridized carbons (Fsp3) is 0.889. The zero-order valence-corrected chi connectivity index (χ0v) is 7.88. The smallest absolute Gasteiger partial charge is 0.308 e. The third-order valence-corrected chi connectivity index (χ3v) is 1.81. The van der Waals surface area contributed by atoms with E-state index in [4.69, 9.17) is 9.84 Å². The highest BCUT2D eigenvalue weighted by Gasteiger charge is 2.10. The number of aliphatic hydroxyl groups is 1. The van der Waals surface area contributed by atoms with Gasteiger partial charge in [0.2, 0.25) is 0 Å². The van der Waals surface area contributed by atoms with Crippen LogP contribution < -0.4 is 0 Å². The molecule has 0 saturated carbocycles. The number of ether oxygens (including phenoxy) is 1. The number of carbonyl (C=O) groups is 1. The van der Waals surface area contributed by atoms with Gasteiger partial charge >= 0.3 is 5.97 Å². The Bertz CT molecular complexity index is 123. The minimum absolute atomic E-state index is 0.000809. The van der Waals surface area contributed by atoms with E-state index in [2.05, 4.69) is 0 Å². The fourth-order valence-electron chi connectivity index (χ4n) is 0.696. The molecule has 3 nitrogen and oxygen atoms in total. The van der Waals surface area contributed by atoms with Crippen LogP contribution in [0.15, 0.2) is 0 Å². The molecule has 0 unspecified atom stereocenters. The Morgan fingerprint density at radius 3 is 2.67 bits per heavy atom. The first-order valence-electron chi connectivity index (χ1n) is 4.49. The average Bonchev–Trinajstić information content (AvgIpc) is 2.10. The SMILES string of the molecule is CC[C@@H](C)C(=O)OCCCCO. The lowest BCUT2D eigenvalue weighted by atomic mass is 10.1. The number of unbranched alkanes of at least 4 members (excludes halogenated alkanes) is 1. The zero-order valence-electron chi connectivity index (χ0n) is 7.88. The lowest BCUT2D eigenvalue weighted by Gasteiger charge is -2.08. The average molecular weight is 174 g/mol. The summed E-state index contributed by atoms with van der Waals surface area (Å²) in [6.45, 7) is 4.42. The summed E-state index contributed by atoms with van der Waals surface area (Å²) in [5.74, 6) is -0.130. The van der Waals surface area contributed by atoms with Crippen molar-refractivity contribution in [1.82, 2.24) is 0 Å². The molecule has 72 valence electrons. The predicted octanol–water partition coefficient (Wildman–Crippen LogP) is 1.35. The fourth-order valence-corrected chi connectivity index (χ4v) is 0.696. The summed E-state index contributed by atoms with van der Waals surface area (Å²) in [4.78, 5) is 11.1. The standard InChI is InChI=1S/C9H18O3/c1-3-8(2)9(11)12-7-5-4-6-10/h8,10H,3-7H2,1-2H3/t8-/m1/s1. The molecule has 0 aliphatic rings. The van der Waals surface area contributed by atoms with Crippen LogP contribution >= 0.6 is 0 Å². The van der Waals surface area contributed by atoms with Gasteiger partial charge in [-0.1, -0.05) is 13.8 Å². The molecule has 1 atom stereocenters. The van der Waals surface area contributed by atoms with Crippen LogP contribution in [-0.4, -0.2) is 24.3 Å². The number of hydrogen-bond donors (Lipinski definition) is 1. The highest BCUT2D eigenvalue weighted by molar-refractivity contribution is 5.71. The van der Waals surface area contributed by atoms with E-state index in [1.54, 1.807) is 0 Å². The van der Waals surface area contributed by atoms with Crippen LogP contribution in [0.1, 0.15) is 33.1 Å². The Labute approximate surface area is 73.7 Å². The van der Waals surface area contributed by atoms with Gasteiger partial charge < -0.3 is 9.84 Å². The molecule has 0 aliphatic carbocycles. The summed E-state index contributed by atoms with van der Waals surface area (Å²) in [6, 6.07) is 0. The monoisotopic (exact) mass is 174 g/mol. The first-order chi connectivity index (χ1) is 5.72. The van der Waals surface area contributed by atoms with E-state index in [-0.39, 0.29) is 18.5 Å². The molecule has 0 saturated heterocycles. The molecular weight excluding hydrogens is 156 g/mol. The molecule has 0 fully saturated rings. The van der Waals surface area contributed by atoms with Crippen molar-refractivity contribution >= 4 is 5.97 Å². The Kier molecular flexibility index (Phi) is 6.76. The van der Waals surface area contributed by atoms with E-state index in [1.165, 1.54) is 0 Å². The molecule has 0 rings (SSSR count). The maximum atomic E-state index is 11.1. The van der Waals surface area contributed by atoms with E-state index in [0.717, 1.165) is 12.8 Å². The van der Waals surface area contributed by atoms with Crippen LogP contribution in [0.5, 0.6) is 0 Å². The van der Waals surface area contributed by atoms with Gasteiger partial charge in [-0.3, -0.25) is 4.79 Å². The van der Waals surface area contributed by atoms with Gasteiger partial charge in [0.1, 0.15) is 0 Å². The van der Waals surface area contributed by atoms with Crippen molar-refractivity contribution in [3.63, 3.8) is 0 Å². The van der Waals surface area contributed by atoms with Crippen molar-refractivity contribution in [3.8, 4) is 0 Å². The second-order valence-corrected chi connectivity index (χ2v) is 2.91. The first kappa shape index (κ1) is 11.4. The summed E-state index contributed by atoms with van der Waals surface area (Å²) in [5, 5.41) is 8.45. The molecule has 0 aromatic carbocycles. The molecule has 0 amide bonds. The van der Waals surface area contributed by atoms with Crippen LogP contribution in [0.4, 0.5) is 0 Å². The van der Waals surface area contributed by atoms with Gasteiger partial charge in [0, 0.05) is 6.61 Å². The minimum Gasteiger partial charge on any atom is -0.465 e. The van der Waals surface area contributed by atoms with Crippen LogP contribution in [-0.2, 0) is 9.53 Å². The van der Waals surface area contributed by atoms with E-state index < -0.39 is 0 Å². The Morgan fingerprint density at radius 1 is 1.50 bits per heavy atom. The first-order valence-corrected chi connectivity index (χ1v) is 4.49. The maximum Gasteiger partial charge on any atom is 0.308 e. The van der Waals surface area contributed by atoms with Gasteiger partial charge in [0.15, 0.2) is 0 Å². The topological polar surface area (TPSA) is 46.5 Å². The van der Waals surface area contributed by atoms with Crippen molar-refractivity contribution < 1.29 is 14.6 Å². The lowest BCUT2D eigenvalue weighted by molar-refractivity contribution is -0.148. The molecule has 1 N–H and O–H groups in total. The Morgan fingerprint density at radius 2 is 2.17 bits per heavy atom. The number of esters is 1. The molecular formula is C9H18O3. The van der Waals surface area contributed by atoms with Gasteiger partial charge in [-0.25, -0.2) is 0 Å². The van der Waals surface area contributed by atoms with Crippen molar-refractivity contribution in [2.75, 3.05) is 13.2 Å². The predicted molar refractivity (Wildman–Crippen MR) is 46.7 cm³/mol. The summed E-state index contributed by atoms with van der Waals surface area (Å²) >= 11 is 0. The Hall–Kier alpha value is -0.570. The Balaban J connectivity index is 3.31. The molecule has 0 radical (unpaired) electrons. The molecule has 0 spiro atoms. The van der Waals surface area contributed by atoms with Gasteiger partial charge in [0.05, 0.1) is 12.5 Å². The minimum atomic E-state index is -0.129. The molecule has 0 aromatic heterocycles. The molecule has 0 aromatic rings. The van der Waals surface area contributed by atoms with E-state index in [0.29, 0.717) is 13.0 Å². The van der Waals surface area contributed by atoms with Crippen molar-refractivity contribution in [2.24, 2.45) is 5.92 Å². The summed E-state index contributed by atoms with van der Waals surface area (Å²) < 4.78 is 4.95. The van der Waals surface area contributed by atoms with Crippen LogP contribution in [0.2, 0.25) is 0 Å². The largest absolute Gasteiger partial charge is 0.465 e. The second-order valence-electron chi connectivity index (χ2n) is 2.91. The summed E-state index contributed by atoms with van der Waals surface area (Å²) in [7, 11) is 0. The van der Waals surface area contributed by atoms with Crippen molar-refractivity contribution in [1.29, 1.82) is 0 Å². The third-order valence-electron chi connectivity index (χ3n) is 1.81. The zero-order chi connectivity index (χ0) is 9.40. The summed E-state index contributed by atoms with van der Waals surface area (Å²) in [6.07, 6.45) is 2.27. The quantitative estimate of drug-likeness (QED) is 0.488. The van der Waals surface area contributed by atoms with Crippen molar-refractivity contribution in [2.45, 2.75) is 33.1 Å². The molecule has 0 heterocycles. The van der Waals surface area contributed by atoms with Gasteiger partial charge in [-0.15, -0.1) is 0 Å². The molecule has 0 bridgehead atoms. The number of hydrogen-bond acceptors (Lipinski definition) is 3. The number of aliphatic hydroxyl groups excluding tert-OH is 1. The molecule has 3 heteroatoms. The summed E-state index contributed by atoms with van der Waals surface area (Å²) in [5.41, 5.74) is 0. The van der Waals surface area contributed by atoms with Crippen molar-refractivity contribution in [3.05, 3.63) is 0 Å². The normalized spacial score (nSPS) is 12.6. The van der Waals surface area contributed by atoms with E-state index in [1.807, 2.05) is 13.8 Å². The second kappa shape index (κ2) is 7.10. The van der Waals surface area contributed by atoms with E-state index in [9.17, 15) is 4.79 Å². The van der Waals surface area contributed by atoms with Crippen LogP contribution in [0.3, 0.4) is 0 Å². The lowest BCUT2D eigenvalue weighted by Crippen LogP contribution is -2.14. The number of rotatable bonds is 6. The van der Waals surface area contributed by atoms with Crippen LogP contribution in [0.25, 0.3) is 0 Å². The van der Waals surface area contributed by atoms with Crippen LogP contribution in [0, 0.1) is 5.92 Å². The molecule has 12 heavy (non-hydrogen) atoms. The van der Waals surface area contributed by atoms with Gasteiger partial charge in [0.25, 0.3) is 0 Å². The highest BCUT2D eigenvalue weighted by Crippen LogP contribution is 2.03. The third kappa shape index (κ3) is 5.13. The maximum absolute atomic E-state index is 11.1. The number of carbonyl (C=O) groups excluding carboxylic acids is 1. The van der Waals surface area contributed by atoms with Gasteiger partial charge in [-0.2, -0.15) is 0 Å². The van der Waals surface area contributed by atoms with E-state index >= 15 is 0 Å². The van der Waals surface area contributed by atoms with Gasteiger partial charge in [-0.05, 0) is 19.3 Å². The highest BCUT2D eigenvalue weighted by atomic mass is 16.5.